The average Bonchev–Trinajstić information content (AvgIpc) is 2.73. The standard InChI is InChI=1S/C22H27F2N3O4S/c1-4-20(22(29)25-5-2)26(14-16-6-8-17(23)9-7-16)21(28)15-27(32(3,30)31)19-12-10-18(24)11-13-19/h6-13,20H,4-5,14-15H2,1-3H3,(H,25,29). The minimum atomic E-state index is -3.89. The lowest BCUT2D eigenvalue weighted by atomic mass is 10.1. The summed E-state index contributed by atoms with van der Waals surface area (Å²) >= 11 is 0. The number of likely N-dealkylation sites (N-methyl/N-ethyl adjacent to an activating group) is 1. The zero-order valence-electron chi connectivity index (χ0n) is 18.2. The van der Waals surface area contributed by atoms with Gasteiger partial charge < -0.3 is 10.2 Å². The van der Waals surface area contributed by atoms with Gasteiger partial charge in [0, 0.05) is 13.1 Å². The second-order valence-corrected chi connectivity index (χ2v) is 9.12. The van der Waals surface area contributed by atoms with Crippen LogP contribution in [0.5, 0.6) is 0 Å². The molecule has 0 spiro atoms. The van der Waals surface area contributed by atoms with Crippen molar-refractivity contribution in [2.45, 2.75) is 32.9 Å². The number of anilines is 1. The van der Waals surface area contributed by atoms with Crippen LogP contribution in [-0.4, -0.2) is 50.5 Å². The van der Waals surface area contributed by atoms with E-state index in [9.17, 15) is 26.8 Å². The van der Waals surface area contributed by atoms with Gasteiger partial charge in [-0.15, -0.1) is 0 Å². The number of carbonyl (C=O) groups is 2. The molecule has 2 aromatic carbocycles. The van der Waals surface area contributed by atoms with Crippen molar-refractivity contribution in [3.05, 3.63) is 65.7 Å². The third-order valence-electron chi connectivity index (χ3n) is 4.80. The Bertz CT molecular complexity index is 1030. The quantitative estimate of drug-likeness (QED) is 0.582. The van der Waals surface area contributed by atoms with E-state index in [1.165, 1.54) is 41.3 Å². The van der Waals surface area contributed by atoms with Crippen molar-refractivity contribution in [3.63, 3.8) is 0 Å². The summed E-state index contributed by atoms with van der Waals surface area (Å²) in [6, 6.07) is 9.32. The number of nitrogens with zero attached hydrogens (tertiary/aromatic N) is 2. The molecule has 0 radical (unpaired) electrons. The van der Waals surface area contributed by atoms with Gasteiger partial charge >= 0.3 is 0 Å². The predicted molar refractivity (Wildman–Crippen MR) is 118 cm³/mol. The number of amides is 2. The van der Waals surface area contributed by atoms with E-state index in [-0.39, 0.29) is 24.6 Å². The summed E-state index contributed by atoms with van der Waals surface area (Å²) in [6.07, 6.45) is 1.23. The third kappa shape index (κ3) is 6.74. The van der Waals surface area contributed by atoms with Gasteiger partial charge in [0.15, 0.2) is 0 Å². The molecule has 0 heterocycles. The van der Waals surface area contributed by atoms with Crippen molar-refractivity contribution in [2.24, 2.45) is 0 Å². The maximum absolute atomic E-state index is 13.3. The highest BCUT2D eigenvalue weighted by Crippen LogP contribution is 2.20. The first-order chi connectivity index (χ1) is 15.1. The van der Waals surface area contributed by atoms with Crippen LogP contribution in [0.4, 0.5) is 14.5 Å². The van der Waals surface area contributed by atoms with Crippen LogP contribution < -0.4 is 9.62 Å². The molecular weight excluding hydrogens is 440 g/mol. The molecule has 10 heteroatoms. The molecule has 0 aliphatic carbocycles. The molecule has 32 heavy (non-hydrogen) atoms. The maximum Gasteiger partial charge on any atom is 0.244 e. The van der Waals surface area contributed by atoms with Gasteiger partial charge in [0.2, 0.25) is 21.8 Å². The average molecular weight is 468 g/mol. The SMILES string of the molecule is CCNC(=O)C(CC)N(Cc1ccc(F)cc1)C(=O)CN(c1ccc(F)cc1)S(C)(=O)=O. The van der Waals surface area contributed by atoms with E-state index in [4.69, 9.17) is 0 Å². The van der Waals surface area contributed by atoms with Crippen molar-refractivity contribution >= 4 is 27.5 Å². The fourth-order valence-corrected chi connectivity index (χ4v) is 4.07. The first-order valence-electron chi connectivity index (χ1n) is 10.1. The summed E-state index contributed by atoms with van der Waals surface area (Å²) in [4.78, 5) is 27.2. The molecule has 0 bridgehead atoms. The topological polar surface area (TPSA) is 86.8 Å². The fraction of sp³-hybridized carbons (Fsp3) is 0.364. The van der Waals surface area contributed by atoms with Crippen molar-refractivity contribution in [3.8, 4) is 0 Å². The lowest BCUT2D eigenvalue weighted by Crippen LogP contribution is -2.52. The molecule has 2 amide bonds. The summed E-state index contributed by atoms with van der Waals surface area (Å²) in [6.45, 7) is 3.24. The van der Waals surface area contributed by atoms with Crippen LogP contribution in [0.1, 0.15) is 25.8 Å². The Morgan fingerprint density at radius 3 is 1.97 bits per heavy atom. The molecule has 0 saturated heterocycles. The fourth-order valence-electron chi connectivity index (χ4n) is 3.22. The Kier molecular flexibility index (Phi) is 8.71. The Hall–Kier alpha value is -3.01. The summed E-state index contributed by atoms with van der Waals surface area (Å²) < 4.78 is 52.2. The monoisotopic (exact) mass is 467 g/mol. The molecule has 2 rings (SSSR count). The zero-order chi connectivity index (χ0) is 23.9. The molecular formula is C22H27F2N3O4S. The Balaban J connectivity index is 2.40. The van der Waals surface area contributed by atoms with E-state index in [0.29, 0.717) is 12.1 Å². The largest absolute Gasteiger partial charge is 0.355 e. The third-order valence-corrected chi connectivity index (χ3v) is 5.94. The van der Waals surface area contributed by atoms with Crippen LogP contribution in [0.15, 0.2) is 48.5 Å². The van der Waals surface area contributed by atoms with Crippen LogP contribution >= 0.6 is 0 Å². The van der Waals surface area contributed by atoms with Crippen molar-refractivity contribution in [2.75, 3.05) is 23.7 Å². The highest BCUT2D eigenvalue weighted by molar-refractivity contribution is 7.92. The molecule has 0 fully saturated rings. The molecule has 0 aromatic heterocycles. The van der Waals surface area contributed by atoms with E-state index < -0.39 is 40.2 Å². The van der Waals surface area contributed by atoms with Gasteiger partial charge in [0.05, 0.1) is 11.9 Å². The molecule has 0 saturated carbocycles. The Morgan fingerprint density at radius 2 is 1.50 bits per heavy atom. The molecule has 0 aliphatic rings. The van der Waals surface area contributed by atoms with Crippen LogP contribution in [0.2, 0.25) is 0 Å². The number of halogens is 2. The van der Waals surface area contributed by atoms with E-state index in [1.54, 1.807) is 13.8 Å². The van der Waals surface area contributed by atoms with Crippen LogP contribution in [0.3, 0.4) is 0 Å². The minimum Gasteiger partial charge on any atom is -0.355 e. The van der Waals surface area contributed by atoms with Gasteiger partial charge in [-0.3, -0.25) is 13.9 Å². The van der Waals surface area contributed by atoms with Crippen molar-refractivity contribution < 1.29 is 26.8 Å². The van der Waals surface area contributed by atoms with Gasteiger partial charge in [0.25, 0.3) is 0 Å². The van der Waals surface area contributed by atoms with Crippen LogP contribution in [0.25, 0.3) is 0 Å². The second kappa shape index (κ2) is 11.0. The van der Waals surface area contributed by atoms with Gasteiger partial charge in [0.1, 0.15) is 24.2 Å². The number of benzene rings is 2. The Labute approximate surface area is 187 Å². The molecule has 2 aromatic rings. The highest BCUT2D eigenvalue weighted by Gasteiger charge is 2.31. The van der Waals surface area contributed by atoms with Crippen molar-refractivity contribution in [1.82, 2.24) is 10.2 Å². The molecule has 0 aliphatic heterocycles. The number of sulfonamides is 1. The smallest absolute Gasteiger partial charge is 0.244 e. The van der Waals surface area contributed by atoms with E-state index >= 15 is 0 Å². The van der Waals surface area contributed by atoms with Gasteiger partial charge in [-0.25, -0.2) is 17.2 Å². The molecule has 1 atom stereocenters. The number of nitrogens with one attached hydrogen (secondary N) is 1. The Morgan fingerprint density at radius 1 is 0.969 bits per heavy atom. The first-order valence-corrected chi connectivity index (χ1v) is 12.0. The highest BCUT2D eigenvalue weighted by atomic mass is 32.2. The normalized spacial score (nSPS) is 12.2. The maximum atomic E-state index is 13.3. The van der Waals surface area contributed by atoms with Crippen LogP contribution in [0, 0.1) is 11.6 Å². The molecule has 1 unspecified atom stereocenters. The van der Waals surface area contributed by atoms with E-state index in [2.05, 4.69) is 5.32 Å². The summed E-state index contributed by atoms with van der Waals surface area (Å²) in [5.41, 5.74) is 0.699. The van der Waals surface area contributed by atoms with Crippen molar-refractivity contribution in [1.29, 1.82) is 0 Å². The lowest BCUT2D eigenvalue weighted by molar-refractivity contribution is -0.140. The zero-order valence-corrected chi connectivity index (χ0v) is 19.0. The first kappa shape index (κ1) is 25.3. The van der Waals surface area contributed by atoms with Gasteiger partial charge in [-0.2, -0.15) is 0 Å². The molecule has 7 nitrogen and oxygen atoms in total. The number of carbonyl (C=O) groups excluding carboxylic acids is 2. The summed E-state index contributed by atoms with van der Waals surface area (Å²) in [7, 11) is -3.89. The van der Waals surface area contributed by atoms with Gasteiger partial charge in [-0.1, -0.05) is 19.1 Å². The van der Waals surface area contributed by atoms with E-state index in [1.807, 2.05) is 0 Å². The second-order valence-electron chi connectivity index (χ2n) is 7.21. The number of hydrogen-bond acceptors (Lipinski definition) is 4. The molecule has 1 N–H and O–H groups in total. The summed E-state index contributed by atoms with van der Waals surface area (Å²) in [5.74, 6) is -1.99. The minimum absolute atomic E-state index is 0.0181. The number of hydrogen-bond donors (Lipinski definition) is 1. The summed E-state index contributed by atoms with van der Waals surface area (Å²) in [5, 5.41) is 2.68. The molecule has 174 valence electrons. The predicted octanol–water partition coefficient (Wildman–Crippen LogP) is 2.67. The lowest BCUT2D eigenvalue weighted by Gasteiger charge is -2.32. The van der Waals surface area contributed by atoms with Gasteiger partial charge in [-0.05, 0) is 55.3 Å². The van der Waals surface area contributed by atoms with E-state index in [0.717, 1.165) is 22.7 Å². The number of rotatable bonds is 10. The van der Waals surface area contributed by atoms with Crippen LogP contribution in [-0.2, 0) is 26.2 Å².